The first kappa shape index (κ1) is 15.3. The molecule has 106 valence electrons. The van der Waals surface area contributed by atoms with Gasteiger partial charge in [0.1, 0.15) is 0 Å². The van der Waals surface area contributed by atoms with E-state index in [4.69, 9.17) is 0 Å². The summed E-state index contributed by atoms with van der Waals surface area (Å²) in [6.45, 7) is 8.75. The Balaban J connectivity index is 2.03. The maximum Gasteiger partial charge on any atom is 0.151 e. The summed E-state index contributed by atoms with van der Waals surface area (Å²) in [5, 5.41) is 0.473. The van der Waals surface area contributed by atoms with Gasteiger partial charge in [-0.3, -0.25) is 0 Å². The molecule has 1 aromatic carbocycles. The predicted octanol–water partition coefficient (Wildman–Crippen LogP) is 6.08. The van der Waals surface area contributed by atoms with Crippen molar-refractivity contribution in [1.82, 2.24) is 4.98 Å². The van der Waals surface area contributed by atoms with Crippen molar-refractivity contribution in [3.05, 3.63) is 47.6 Å². The van der Waals surface area contributed by atoms with Gasteiger partial charge in [-0.25, -0.2) is 4.98 Å². The second-order valence-corrected chi connectivity index (χ2v) is 7.79. The molecule has 2 rings (SSSR count). The topological polar surface area (TPSA) is 12.9 Å². The number of nitrogens with zero attached hydrogens (tertiary/aromatic N) is 1. The van der Waals surface area contributed by atoms with Crippen LogP contribution in [0.4, 0.5) is 0 Å². The molecule has 0 fully saturated rings. The molecule has 1 aromatic heterocycles. The van der Waals surface area contributed by atoms with Crippen LogP contribution in [0.2, 0.25) is 0 Å². The van der Waals surface area contributed by atoms with Gasteiger partial charge in [0.05, 0.1) is 10.2 Å². The summed E-state index contributed by atoms with van der Waals surface area (Å²) < 4.78 is 2.43. The van der Waals surface area contributed by atoms with Crippen LogP contribution in [0.25, 0.3) is 10.2 Å². The highest BCUT2D eigenvalue weighted by atomic mass is 32.2. The summed E-state index contributed by atoms with van der Waals surface area (Å²) >= 11 is 3.64. The van der Waals surface area contributed by atoms with E-state index in [0.29, 0.717) is 5.25 Å². The Bertz CT molecular complexity index is 600. The van der Waals surface area contributed by atoms with Crippen molar-refractivity contribution in [3.8, 4) is 0 Å². The normalized spacial score (nSPS) is 13.5. The highest BCUT2D eigenvalue weighted by molar-refractivity contribution is 8.01. The van der Waals surface area contributed by atoms with Gasteiger partial charge in [0, 0.05) is 5.25 Å². The van der Waals surface area contributed by atoms with Crippen molar-refractivity contribution >= 4 is 33.3 Å². The molecule has 0 aliphatic rings. The first-order chi connectivity index (χ1) is 9.56. The van der Waals surface area contributed by atoms with E-state index in [9.17, 15) is 0 Å². The zero-order valence-electron chi connectivity index (χ0n) is 12.5. The highest BCUT2D eigenvalue weighted by Crippen LogP contribution is 2.34. The van der Waals surface area contributed by atoms with E-state index in [1.807, 2.05) is 17.8 Å². The molecule has 0 saturated carbocycles. The van der Waals surface area contributed by atoms with Crippen molar-refractivity contribution in [2.75, 3.05) is 0 Å². The summed E-state index contributed by atoms with van der Waals surface area (Å²) in [6, 6.07) is 8.34. The Morgan fingerprint density at radius 1 is 1.25 bits per heavy atom. The molecule has 0 N–H and O–H groups in total. The molecule has 1 heterocycles. The van der Waals surface area contributed by atoms with E-state index >= 15 is 0 Å². The van der Waals surface area contributed by atoms with Gasteiger partial charge in [0.2, 0.25) is 0 Å². The maximum absolute atomic E-state index is 4.69. The molecule has 3 heteroatoms. The van der Waals surface area contributed by atoms with Crippen LogP contribution in [0.3, 0.4) is 0 Å². The second kappa shape index (κ2) is 7.09. The van der Waals surface area contributed by atoms with Crippen LogP contribution in [-0.4, -0.2) is 10.2 Å². The quantitative estimate of drug-likeness (QED) is 0.490. The fourth-order valence-corrected chi connectivity index (χ4v) is 4.12. The monoisotopic (exact) mass is 303 g/mol. The standard InChI is InChI=1S/C17H21NS2/c1-12(2)8-7-9-13(3)14(4)19-17-18-15-10-5-6-11-16(15)20-17/h5-6,8-11,14H,7H2,1-4H3. The van der Waals surface area contributed by atoms with Crippen LogP contribution in [-0.2, 0) is 0 Å². The first-order valence-electron chi connectivity index (χ1n) is 6.88. The number of allylic oxidation sites excluding steroid dienone is 3. The Labute approximate surface area is 129 Å². The third kappa shape index (κ3) is 4.22. The number of hydrogen-bond donors (Lipinski definition) is 0. The number of rotatable bonds is 5. The zero-order chi connectivity index (χ0) is 14.5. The molecule has 0 radical (unpaired) electrons. The molecule has 1 unspecified atom stereocenters. The molecule has 0 saturated heterocycles. The van der Waals surface area contributed by atoms with Crippen molar-refractivity contribution in [2.24, 2.45) is 0 Å². The Hall–Kier alpha value is -1.06. The number of fused-ring (bicyclic) bond motifs is 1. The van der Waals surface area contributed by atoms with E-state index in [-0.39, 0.29) is 0 Å². The summed E-state index contributed by atoms with van der Waals surface area (Å²) in [5.74, 6) is 0. The maximum atomic E-state index is 4.69. The minimum absolute atomic E-state index is 0.473. The van der Waals surface area contributed by atoms with Crippen LogP contribution in [0.15, 0.2) is 51.9 Å². The highest BCUT2D eigenvalue weighted by Gasteiger charge is 2.10. The minimum Gasteiger partial charge on any atom is -0.230 e. The summed E-state index contributed by atoms with van der Waals surface area (Å²) in [4.78, 5) is 4.69. The van der Waals surface area contributed by atoms with Gasteiger partial charge in [0.15, 0.2) is 4.34 Å². The molecule has 0 aliphatic carbocycles. The number of para-hydroxylation sites is 1. The van der Waals surface area contributed by atoms with Gasteiger partial charge in [-0.05, 0) is 46.2 Å². The van der Waals surface area contributed by atoms with Gasteiger partial charge >= 0.3 is 0 Å². The Morgan fingerprint density at radius 3 is 2.70 bits per heavy atom. The van der Waals surface area contributed by atoms with Crippen LogP contribution < -0.4 is 0 Å². The molecular weight excluding hydrogens is 282 g/mol. The Morgan fingerprint density at radius 2 is 2.00 bits per heavy atom. The third-order valence-corrected chi connectivity index (χ3v) is 5.55. The fraction of sp³-hybridized carbons (Fsp3) is 0.353. The average Bonchev–Trinajstić information content (AvgIpc) is 2.80. The van der Waals surface area contributed by atoms with Crippen LogP contribution in [0, 0.1) is 0 Å². The van der Waals surface area contributed by atoms with E-state index in [2.05, 4.69) is 63.0 Å². The van der Waals surface area contributed by atoms with Crippen molar-refractivity contribution in [1.29, 1.82) is 0 Å². The number of benzene rings is 1. The molecule has 0 amide bonds. The SMILES string of the molecule is CC(C)=CCC=C(C)C(C)Sc1nc2ccccc2s1. The van der Waals surface area contributed by atoms with Crippen LogP contribution in [0.5, 0.6) is 0 Å². The molecule has 0 spiro atoms. The smallest absolute Gasteiger partial charge is 0.151 e. The van der Waals surface area contributed by atoms with Gasteiger partial charge in [-0.2, -0.15) is 0 Å². The third-order valence-electron chi connectivity index (χ3n) is 3.16. The van der Waals surface area contributed by atoms with E-state index in [0.717, 1.165) is 16.3 Å². The lowest BCUT2D eigenvalue weighted by atomic mass is 10.1. The number of aromatic nitrogens is 1. The summed E-state index contributed by atoms with van der Waals surface area (Å²) in [5.41, 5.74) is 3.91. The lowest BCUT2D eigenvalue weighted by molar-refractivity contribution is 1.09. The molecule has 2 aromatic rings. The van der Waals surface area contributed by atoms with Gasteiger partial charge < -0.3 is 0 Å². The second-order valence-electron chi connectivity index (χ2n) is 5.17. The van der Waals surface area contributed by atoms with Crippen molar-refractivity contribution < 1.29 is 0 Å². The Kier molecular flexibility index (Phi) is 5.44. The summed E-state index contributed by atoms with van der Waals surface area (Å²) in [6.07, 6.45) is 5.61. The van der Waals surface area contributed by atoms with Gasteiger partial charge in [-0.15, -0.1) is 11.3 Å². The van der Waals surface area contributed by atoms with E-state index in [1.54, 1.807) is 11.3 Å². The number of hydrogen-bond acceptors (Lipinski definition) is 3. The fourth-order valence-electron chi connectivity index (χ4n) is 1.79. The molecule has 1 atom stereocenters. The summed E-state index contributed by atoms with van der Waals surface area (Å²) in [7, 11) is 0. The minimum atomic E-state index is 0.473. The molecule has 0 aliphatic heterocycles. The van der Waals surface area contributed by atoms with Crippen molar-refractivity contribution in [3.63, 3.8) is 0 Å². The molecule has 0 bridgehead atoms. The lowest BCUT2D eigenvalue weighted by Crippen LogP contribution is -1.97. The van der Waals surface area contributed by atoms with Gasteiger partial charge in [0.25, 0.3) is 0 Å². The van der Waals surface area contributed by atoms with E-state index < -0.39 is 0 Å². The lowest BCUT2D eigenvalue weighted by Gasteiger charge is -2.09. The molecular formula is C17H21NS2. The molecule has 20 heavy (non-hydrogen) atoms. The van der Waals surface area contributed by atoms with Crippen LogP contribution >= 0.6 is 23.1 Å². The van der Waals surface area contributed by atoms with Crippen molar-refractivity contribution in [2.45, 2.75) is 43.7 Å². The number of thiazole rings is 1. The number of thioether (sulfide) groups is 1. The van der Waals surface area contributed by atoms with E-state index in [1.165, 1.54) is 15.8 Å². The predicted molar refractivity (Wildman–Crippen MR) is 92.7 cm³/mol. The molecule has 1 nitrogen and oxygen atoms in total. The first-order valence-corrected chi connectivity index (χ1v) is 8.58. The van der Waals surface area contributed by atoms with Crippen LogP contribution in [0.1, 0.15) is 34.1 Å². The largest absolute Gasteiger partial charge is 0.230 e. The average molecular weight is 303 g/mol. The zero-order valence-corrected chi connectivity index (χ0v) is 14.1. The van der Waals surface area contributed by atoms with Gasteiger partial charge in [-0.1, -0.05) is 47.2 Å².